The first-order chi connectivity index (χ1) is 0. The van der Waals surface area contributed by atoms with Gasteiger partial charge in [-0.2, -0.15) is 0 Å². The van der Waals surface area contributed by atoms with Gasteiger partial charge in [-0.25, -0.2) is 0 Å². The molecule has 15 heteroatoms. The fourth-order valence-electron chi connectivity index (χ4n) is 0. The molecule has 0 unspecified atom stereocenters. The Morgan fingerprint density at radius 1 is 0.133 bits per heavy atom. The van der Waals surface area contributed by atoms with Crippen LogP contribution in [0.25, 0.3) is 0 Å². The molecule has 0 bridgehead atoms. The van der Waals surface area contributed by atoms with Crippen molar-refractivity contribution < 1.29 is 27.4 Å². The summed E-state index contributed by atoms with van der Waals surface area (Å²) in [4.78, 5) is 0. The summed E-state index contributed by atoms with van der Waals surface area (Å²) >= 11 is 0. The zero-order valence-electron chi connectivity index (χ0n) is 2.50. The summed E-state index contributed by atoms with van der Waals surface area (Å²) in [6.45, 7) is 0. The Labute approximate surface area is 313 Å². The second kappa shape index (κ2) is 129. The fourth-order valence-corrected chi connectivity index (χ4v) is 0. The standard InChI is InChI=1S/10Na.5H2O.10H/h;;;;;;;;;;5*1H2;;;;;;;;;;. The third-order valence-corrected chi connectivity index (χ3v) is 0. The van der Waals surface area contributed by atoms with Gasteiger partial charge < -0.3 is 27.4 Å². The van der Waals surface area contributed by atoms with Crippen molar-refractivity contribution in [2.75, 3.05) is 0 Å². The van der Waals surface area contributed by atoms with Crippen LogP contribution < -0.4 is 0 Å². The molecule has 0 aromatic heterocycles. The summed E-state index contributed by atoms with van der Waals surface area (Å²) in [5.74, 6) is 0. The van der Waals surface area contributed by atoms with Crippen LogP contribution in [0.2, 0.25) is 0 Å². The van der Waals surface area contributed by atoms with Crippen LogP contribution in [0.4, 0.5) is 0 Å². The third-order valence-electron chi connectivity index (χ3n) is 0. The molecule has 0 aromatic rings. The van der Waals surface area contributed by atoms with Crippen molar-refractivity contribution in [2.24, 2.45) is 0 Å². The monoisotopic (exact) mass is 330 g/mol. The van der Waals surface area contributed by atoms with E-state index in [0.717, 1.165) is 0 Å². The average molecular weight is 330 g/mol. The van der Waals surface area contributed by atoms with Crippen LogP contribution in [0.5, 0.6) is 0 Å². The SMILES string of the molecule is O.O.O.O.O.[NaH].[NaH].[NaH].[NaH].[NaH].[NaH].[NaH].[NaH].[NaH].[NaH]. The normalized spacial score (nSPS) is 0. The van der Waals surface area contributed by atoms with Crippen LogP contribution in [-0.4, -0.2) is 323 Å². The van der Waals surface area contributed by atoms with E-state index in [2.05, 4.69) is 0 Å². The number of rotatable bonds is 0. The van der Waals surface area contributed by atoms with Crippen LogP contribution in [0.3, 0.4) is 0 Å². The fraction of sp³-hybridized carbons (Fsp3) is 0. The molecule has 0 fully saturated rings. The van der Waals surface area contributed by atoms with Gasteiger partial charge in [-0.3, -0.25) is 0 Å². The predicted octanol–water partition coefficient (Wildman–Crippen LogP) is -10.6. The van der Waals surface area contributed by atoms with Crippen LogP contribution >= 0.6 is 0 Å². The van der Waals surface area contributed by atoms with Crippen molar-refractivity contribution in [2.45, 2.75) is 0 Å². The van der Waals surface area contributed by atoms with E-state index in [4.69, 9.17) is 0 Å². The summed E-state index contributed by atoms with van der Waals surface area (Å²) < 4.78 is 0. The van der Waals surface area contributed by atoms with Crippen molar-refractivity contribution in [1.29, 1.82) is 0 Å². The van der Waals surface area contributed by atoms with E-state index >= 15 is 0 Å². The maximum absolute atomic E-state index is 0. The Balaban J connectivity index is 0. The summed E-state index contributed by atoms with van der Waals surface area (Å²) in [7, 11) is 0. The average Bonchev–Trinajstić information content (AvgIpc) is 0. The third kappa shape index (κ3) is 118. The molecule has 10 N–H and O–H groups in total. The molecule has 5 nitrogen and oxygen atoms in total. The molecule has 0 aliphatic carbocycles. The van der Waals surface area contributed by atoms with E-state index in [1.807, 2.05) is 0 Å². The predicted molar refractivity (Wildman–Crippen MR) is 89.6 cm³/mol. The Bertz CT molecular complexity index is 13.8. The van der Waals surface area contributed by atoms with Crippen molar-refractivity contribution in [3.8, 4) is 0 Å². The molecule has 0 amide bonds. The van der Waals surface area contributed by atoms with E-state index in [-0.39, 0.29) is 323 Å². The zero-order chi connectivity index (χ0) is 0. The van der Waals surface area contributed by atoms with Crippen LogP contribution in [0.15, 0.2) is 0 Å². The molecule has 0 saturated carbocycles. The molecule has 0 aliphatic heterocycles. The van der Waals surface area contributed by atoms with Gasteiger partial charge in [0, 0.05) is 0 Å². The van der Waals surface area contributed by atoms with Gasteiger partial charge in [0.15, 0.2) is 0 Å². The molecule has 0 aliphatic rings. The molecule has 0 heterocycles. The number of hydrogen-bond donors (Lipinski definition) is 0. The molecular weight excluding hydrogens is 310 g/mol. The zero-order valence-corrected chi connectivity index (χ0v) is 2.50. The first kappa shape index (κ1) is 146. The van der Waals surface area contributed by atoms with Crippen molar-refractivity contribution in [3.63, 3.8) is 0 Å². The molecule has 0 aromatic carbocycles. The summed E-state index contributed by atoms with van der Waals surface area (Å²) in [6.07, 6.45) is 0. The molecule has 60 valence electrons. The Kier molecular flexibility index (Phi) is 1260. The van der Waals surface area contributed by atoms with E-state index in [0.29, 0.717) is 0 Å². The van der Waals surface area contributed by atoms with Crippen LogP contribution in [0, 0.1) is 0 Å². The van der Waals surface area contributed by atoms with Gasteiger partial charge in [0.2, 0.25) is 0 Å². The summed E-state index contributed by atoms with van der Waals surface area (Å²) in [6, 6.07) is 0. The van der Waals surface area contributed by atoms with Gasteiger partial charge in [0.25, 0.3) is 0 Å². The van der Waals surface area contributed by atoms with Gasteiger partial charge in [0.05, 0.1) is 0 Å². The topological polar surface area (TPSA) is 158 Å². The van der Waals surface area contributed by atoms with E-state index in [1.165, 1.54) is 0 Å². The van der Waals surface area contributed by atoms with Gasteiger partial charge in [-0.15, -0.1) is 0 Å². The van der Waals surface area contributed by atoms with E-state index < -0.39 is 0 Å². The van der Waals surface area contributed by atoms with Crippen molar-refractivity contribution in [3.05, 3.63) is 0 Å². The van der Waals surface area contributed by atoms with Crippen LogP contribution in [0.1, 0.15) is 0 Å². The van der Waals surface area contributed by atoms with Crippen LogP contribution in [-0.2, 0) is 0 Å². The Morgan fingerprint density at radius 3 is 0.133 bits per heavy atom. The maximum atomic E-state index is 0. The molecule has 0 atom stereocenters. The summed E-state index contributed by atoms with van der Waals surface area (Å²) in [5, 5.41) is 0. The van der Waals surface area contributed by atoms with Gasteiger partial charge in [0.1, 0.15) is 0 Å². The first-order valence-electron chi connectivity index (χ1n) is 0. The summed E-state index contributed by atoms with van der Waals surface area (Å²) in [5.41, 5.74) is 0. The first-order valence-corrected chi connectivity index (χ1v) is 0. The number of hydrogen-bond acceptors (Lipinski definition) is 0. The molecule has 0 radical (unpaired) electrons. The quantitative estimate of drug-likeness (QED) is 0.387. The van der Waals surface area contributed by atoms with Crippen molar-refractivity contribution in [1.82, 2.24) is 0 Å². The van der Waals surface area contributed by atoms with Crippen molar-refractivity contribution >= 4 is 296 Å². The van der Waals surface area contributed by atoms with Gasteiger partial charge in [-0.1, -0.05) is 0 Å². The second-order valence-corrected chi connectivity index (χ2v) is 0. The van der Waals surface area contributed by atoms with Gasteiger partial charge >= 0.3 is 296 Å². The molecule has 0 spiro atoms. The van der Waals surface area contributed by atoms with Gasteiger partial charge in [-0.05, 0) is 0 Å². The Hall–Kier alpha value is 9.80. The van der Waals surface area contributed by atoms with E-state index in [9.17, 15) is 0 Å². The molecular formula is H20Na10O5. The molecule has 0 saturated heterocycles. The Morgan fingerprint density at radius 2 is 0.133 bits per heavy atom. The minimum absolute atomic E-state index is 0. The second-order valence-electron chi connectivity index (χ2n) is 0. The minimum atomic E-state index is 0. The molecule has 15 heavy (non-hydrogen) atoms. The van der Waals surface area contributed by atoms with E-state index in [1.54, 1.807) is 0 Å². The molecule has 0 rings (SSSR count).